The van der Waals surface area contributed by atoms with Gasteiger partial charge in [0, 0.05) is 17.7 Å². The van der Waals surface area contributed by atoms with E-state index in [2.05, 4.69) is 20.4 Å². The van der Waals surface area contributed by atoms with Crippen molar-refractivity contribution >= 4 is 6.01 Å². The van der Waals surface area contributed by atoms with E-state index in [0.29, 0.717) is 25.1 Å². The lowest BCUT2D eigenvalue weighted by molar-refractivity contribution is 0.0944. The van der Waals surface area contributed by atoms with Crippen LogP contribution in [-0.2, 0) is 11.3 Å². The van der Waals surface area contributed by atoms with Gasteiger partial charge in [0.05, 0.1) is 24.9 Å². The first-order valence-electron chi connectivity index (χ1n) is 7.02. The Labute approximate surface area is 116 Å². The molecule has 0 spiro atoms. The summed E-state index contributed by atoms with van der Waals surface area (Å²) in [5.74, 6) is 1.29. The summed E-state index contributed by atoms with van der Waals surface area (Å²) < 4.78 is 10.9. The number of nitrogens with one attached hydrogen (secondary N) is 1. The zero-order valence-corrected chi connectivity index (χ0v) is 11.1. The van der Waals surface area contributed by atoms with Crippen LogP contribution in [0.3, 0.4) is 0 Å². The highest BCUT2D eigenvalue weighted by atomic mass is 16.5. The fourth-order valence-electron chi connectivity index (χ4n) is 2.64. The lowest BCUT2D eigenvalue weighted by Gasteiger charge is -2.24. The van der Waals surface area contributed by atoms with E-state index in [4.69, 9.17) is 9.26 Å². The van der Waals surface area contributed by atoms with Gasteiger partial charge in [-0.15, -0.1) is 0 Å². The highest BCUT2D eigenvalue weighted by molar-refractivity contribution is 5.32. The van der Waals surface area contributed by atoms with Crippen molar-refractivity contribution in [3.63, 3.8) is 0 Å². The molecule has 0 bridgehead atoms. The van der Waals surface area contributed by atoms with E-state index in [1.54, 1.807) is 6.20 Å². The molecule has 6 heteroatoms. The largest absolute Gasteiger partial charge is 0.374 e. The molecule has 1 unspecified atom stereocenters. The summed E-state index contributed by atoms with van der Waals surface area (Å²) in [7, 11) is 0. The number of ether oxygens (including phenoxy) is 1. The maximum atomic E-state index is 5.58. The molecule has 1 N–H and O–H groups in total. The second kappa shape index (κ2) is 4.86. The van der Waals surface area contributed by atoms with E-state index >= 15 is 0 Å². The maximum absolute atomic E-state index is 5.58. The zero-order valence-electron chi connectivity index (χ0n) is 11.1. The molecule has 0 saturated heterocycles. The Kier molecular flexibility index (Phi) is 2.88. The molecule has 1 aliphatic heterocycles. The molecule has 3 heterocycles. The van der Waals surface area contributed by atoms with Gasteiger partial charge in [-0.1, -0.05) is 17.6 Å². The molecule has 0 amide bonds. The smallest absolute Gasteiger partial charge is 0.322 e. The van der Waals surface area contributed by atoms with Crippen LogP contribution in [-0.4, -0.2) is 21.7 Å². The van der Waals surface area contributed by atoms with Crippen LogP contribution < -0.4 is 5.32 Å². The fourth-order valence-corrected chi connectivity index (χ4v) is 2.64. The standard InChI is InChI=1S/C14H16N4O2/c1-3-9(4-1)13-17-14(20-18-13)16-11-8-19-7-10-5-2-6-15-12(10)11/h2,5-6,9,11H,1,3-4,7-8H2,(H,16,17,18). The van der Waals surface area contributed by atoms with Crippen molar-refractivity contribution in [3.8, 4) is 0 Å². The summed E-state index contributed by atoms with van der Waals surface area (Å²) in [4.78, 5) is 8.86. The average Bonchev–Trinajstić information content (AvgIpc) is 2.85. The summed E-state index contributed by atoms with van der Waals surface area (Å²) >= 11 is 0. The van der Waals surface area contributed by atoms with Crippen molar-refractivity contribution < 1.29 is 9.26 Å². The van der Waals surface area contributed by atoms with Gasteiger partial charge in [-0.25, -0.2) is 0 Å². The van der Waals surface area contributed by atoms with Crippen molar-refractivity contribution in [2.45, 2.75) is 37.8 Å². The molecule has 104 valence electrons. The summed E-state index contributed by atoms with van der Waals surface area (Å²) in [5, 5.41) is 7.28. The minimum Gasteiger partial charge on any atom is -0.374 e. The molecule has 2 aliphatic rings. The lowest BCUT2D eigenvalue weighted by Crippen LogP contribution is -2.24. The molecule has 1 saturated carbocycles. The molecule has 6 nitrogen and oxygen atoms in total. The Balaban J connectivity index is 1.53. The van der Waals surface area contributed by atoms with Gasteiger partial charge in [-0.2, -0.15) is 4.98 Å². The molecule has 2 aromatic heterocycles. The first-order chi connectivity index (χ1) is 9.90. The number of rotatable bonds is 3. The van der Waals surface area contributed by atoms with Gasteiger partial charge in [-0.3, -0.25) is 4.98 Å². The summed E-state index contributed by atoms with van der Waals surface area (Å²) in [5.41, 5.74) is 2.11. The number of anilines is 1. The van der Waals surface area contributed by atoms with Crippen LogP contribution in [0.15, 0.2) is 22.9 Å². The fraction of sp³-hybridized carbons (Fsp3) is 0.500. The molecule has 2 aromatic rings. The van der Waals surface area contributed by atoms with Crippen LogP contribution in [0, 0.1) is 0 Å². The summed E-state index contributed by atoms with van der Waals surface area (Å²) in [6.45, 7) is 1.17. The Bertz CT molecular complexity index is 609. The second-order valence-corrected chi connectivity index (χ2v) is 5.35. The monoisotopic (exact) mass is 272 g/mol. The van der Waals surface area contributed by atoms with Crippen molar-refractivity contribution in [2.75, 3.05) is 11.9 Å². The van der Waals surface area contributed by atoms with E-state index in [9.17, 15) is 0 Å². The van der Waals surface area contributed by atoms with Crippen LogP contribution in [0.5, 0.6) is 0 Å². The van der Waals surface area contributed by atoms with Gasteiger partial charge in [0.2, 0.25) is 0 Å². The number of hydrogen-bond acceptors (Lipinski definition) is 6. The highest BCUT2D eigenvalue weighted by Crippen LogP contribution is 2.35. The molecular formula is C14H16N4O2. The maximum Gasteiger partial charge on any atom is 0.322 e. The van der Waals surface area contributed by atoms with Crippen molar-refractivity contribution in [3.05, 3.63) is 35.4 Å². The van der Waals surface area contributed by atoms with Crippen LogP contribution >= 0.6 is 0 Å². The molecule has 0 aromatic carbocycles. The summed E-state index contributed by atoms with van der Waals surface area (Å²) in [6, 6.07) is 4.38. The van der Waals surface area contributed by atoms with Gasteiger partial charge in [0.25, 0.3) is 0 Å². The minimum atomic E-state index is -0.0327. The highest BCUT2D eigenvalue weighted by Gasteiger charge is 2.27. The molecule has 1 aliphatic carbocycles. The first-order valence-corrected chi connectivity index (χ1v) is 7.02. The van der Waals surface area contributed by atoms with Crippen LogP contribution in [0.4, 0.5) is 6.01 Å². The van der Waals surface area contributed by atoms with Crippen molar-refractivity contribution in [1.29, 1.82) is 0 Å². The average molecular weight is 272 g/mol. The predicted molar refractivity (Wildman–Crippen MR) is 71.1 cm³/mol. The topological polar surface area (TPSA) is 73.1 Å². The molecule has 0 radical (unpaired) electrons. The third kappa shape index (κ3) is 2.06. The van der Waals surface area contributed by atoms with Crippen molar-refractivity contribution in [2.24, 2.45) is 0 Å². The van der Waals surface area contributed by atoms with E-state index in [0.717, 1.165) is 29.9 Å². The van der Waals surface area contributed by atoms with Crippen LogP contribution in [0.2, 0.25) is 0 Å². The Morgan fingerprint density at radius 3 is 3.10 bits per heavy atom. The van der Waals surface area contributed by atoms with E-state index in [1.807, 2.05) is 12.1 Å². The van der Waals surface area contributed by atoms with Gasteiger partial charge in [-0.05, 0) is 18.9 Å². The number of fused-ring (bicyclic) bond motifs is 1. The SMILES string of the molecule is c1cnc2c(c1)COCC2Nc1nc(C2CCC2)no1. The van der Waals surface area contributed by atoms with E-state index in [-0.39, 0.29) is 6.04 Å². The number of aromatic nitrogens is 3. The number of hydrogen-bond donors (Lipinski definition) is 1. The van der Waals surface area contributed by atoms with E-state index in [1.165, 1.54) is 6.42 Å². The second-order valence-electron chi connectivity index (χ2n) is 5.35. The van der Waals surface area contributed by atoms with Crippen molar-refractivity contribution in [1.82, 2.24) is 15.1 Å². The van der Waals surface area contributed by atoms with Gasteiger partial charge >= 0.3 is 6.01 Å². The number of nitrogens with zero attached hydrogens (tertiary/aromatic N) is 3. The number of pyridine rings is 1. The Morgan fingerprint density at radius 2 is 2.25 bits per heavy atom. The molecule has 20 heavy (non-hydrogen) atoms. The predicted octanol–water partition coefficient (Wildman–Crippen LogP) is 2.42. The lowest BCUT2D eigenvalue weighted by atomic mass is 9.85. The first kappa shape index (κ1) is 11.8. The normalized spacial score (nSPS) is 22.1. The third-order valence-corrected chi connectivity index (χ3v) is 4.01. The van der Waals surface area contributed by atoms with Crippen LogP contribution in [0.25, 0.3) is 0 Å². The molecule has 4 rings (SSSR count). The molecular weight excluding hydrogens is 256 g/mol. The Hall–Kier alpha value is -1.95. The molecule has 1 atom stereocenters. The van der Waals surface area contributed by atoms with Crippen LogP contribution in [0.1, 0.15) is 48.3 Å². The molecule has 1 fully saturated rings. The zero-order chi connectivity index (χ0) is 13.4. The Morgan fingerprint density at radius 1 is 1.30 bits per heavy atom. The summed E-state index contributed by atoms with van der Waals surface area (Å²) in [6.07, 6.45) is 5.38. The third-order valence-electron chi connectivity index (χ3n) is 4.01. The minimum absolute atomic E-state index is 0.0327. The van der Waals surface area contributed by atoms with Gasteiger partial charge in [0.1, 0.15) is 0 Å². The van der Waals surface area contributed by atoms with Gasteiger partial charge in [0.15, 0.2) is 5.82 Å². The quantitative estimate of drug-likeness (QED) is 0.925. The van der Waals surface area contributed by atoms with Gasteiger partial charge < -0.3 is 14.6 Å². The van der Waals surface area contributed by atoms with E-state index < -0.39 is 0 Å².